The van der Waals surface area contributed by atoms with Gasteiger partial charge in [-0.3, -0.25) is 19.6 Å². The summed E-state index contributed by atoms with van der Waals surface area (Å²) in [6.45, 7) is 0. The minimum Gasteiger partial charge on any atom is -0.469 e. The van der Waals surface area contributed by atoms with Crippen molar-refractivity contribution >= 4 is 34.8 Å². The van der Waals surface area contributed by atoms with E-state index in [9.17, 15) is 14.4 Å². The molecule has 9 heteroatoms. The second kappa shape index (κ2) is 7.04. The summed E-state index contributed by atoms with van der Waals surface area (Å²) in [6, 6.07) is 8.69. The van der Waals surface area contributed by atoms with Crippen LogP contribution in [-0.2, 0) is 4.79 Å². The van der Waals surface area contributed by atoms with Gasteiger partial charge in [-0.15, -0.1) is 0 Å². The zero-order chi connectivity index (χ0) is 21.0. The minimum absolute atomic E-state index is 0.123. The van der Waals surface area contributed by atoms with E-state index in [0.29, 0.717) is 34.0 Å². The van der Waals surface area contributed by atoms with Gasteiger partial charge < -0.3 is 9.73 Å². The monoisotopic (exact) mass is 443 g/mol. The molecule has 3 N–H and O–H groups in total. The highest BCUT2D eigenvalue weighted by Crippen LogP contribution is 2.48. The Morgan fingerprint density at radius 2 is 1.83 bits per heavy atom. The lowest BCUT2D eigenvalue weighted by atomic mass is 9.73. The van der Waals surface area contributed by atoms with Gasteiger partial charge in [-0.2, -0.15) is 0 Å². The first-order chi connectivity index (χ1) is 14.4. The van der Waals surface area contributed by atoms with E-state index in [1.165, 1.54) is 0 Å². The Balaban J connectivity index is 1.74. The van der Waals surface area contributed by atoms with Gasteiger partial charge in [-0.1, -0.05) is 35.3 Å². The summed E-state index contributed by atoms with van der Waals surface area (Å²) in [6.07, 6.45) is 2.29. The summed E-state index contributed by atoms with van der Waals surface area (Å²) >= 11 is 12.7. The Morgan fingerprint density at radius 1 is 1.00 bits per heavy atom. The van der Waals surface area contributed by atoms with Crippen LogP contribution in [0.3, 0.4) is 0 Å². The summed E-state index contributed by atoms with van der Waals surface area (Å²) in [4.78, 5) is 42.8. The number of aromatic amines is 2. The van der Waals surface area contributed by atoms with Crippen molar-refractivity contribution in [1.82, 2.24) is 9.97 Å². The lowest BCUT2D eigenvalue weighted by molar-refractivity contribution is -0.116. The van der Waals surface area contributed by atoms with Crippen LogP contribution in [0.1, 0.15) is 41.6 Å². The Morgan fingerprint density at radius 3 is 2.60 bits per heavy atom. The number of carbonyl (C=O) groups is 1. The molecule has 1 aliphatic heterocycles. The first-order valence-electron chi connectivity index (χ1n) is 9.31. The summed E-state index contributed by atoms with van der Waals surface area (Å²) in [5.74, 6) is -0.0734. The highest BCUT2D eigenvalue weighted by Gasteiger charge is 2.41. The number of halogens is 2. The number of hydrogen-bond acceptors (Lipinski definition) is 5. The third-order valence-electron chi connectivity index (χ3n) is 5.58. The van der Waals surface area contributed by atoms with Crippen molar-refractivity contribution in [2.45, 2.75) is 24.7 Å². The fourth-order valence-electron chi connectivity index (χ4n) is 4.33. The van der Waals surface area contributed by atoms with Gasteiger partial charge in [0.2, 0.25) is 0 Å². The molecule has 2 aliphatic rings. The predicted octanol–water partition coefficient (Wildman–Crippen LogP) is 3.92. The van der Waals surface area contributed by atoms with Gasteiger partial charge in [0.25, 0.3) is 5.56 Å². The van der Waals surface area contributed by atoms with Crippen LogP contribution in [0.2, 0.25) is 10.0 Å². The molecule has 1 aromatic carbocycles. The molecule has 3 aromatic rings. The van der Waals surface area contributed by atoms with Crippen molar-refractivity contribution in [3.63, 3.8) is 0 Å². The van der Waals surface area contributed by atoms with Gasteiger partial charge in [-0.05, 0) is 30.2 Å². The molecular formula is C21H15Cl2N3O4. The number of nitrogens with one attached hydrogen (secondary N) is 3. The number of benzene rings is 1. The quantitative estimate of drug-likeness (QED) is 0.556. The Hall–Kier alpha value is -3.03. The number of fused-ring (bicyclic) bond motifs is 1. The molecule has 2 aromatic heterocycles. The van der Waals surface area contributed by atoms with Gasteiger partial charge in [0, 0.05) is 29.5 Å². The van der Waals surface area contributed by atoms with E-state index >= 15 is 0 Å². The van der Waals surface area contributed by atoms with Gasteiger partial charge in [0.1, 0.15) is 11.6 Å². The van der Waals surface area contributed by atoms with Crippen LogP contribution in [0.15, 0.2) is 61.9 Å². The average Bonchev–Trinajstić information content (AvgIpc) is 3.23. The third-order valence-corrected chi connectivity index (χ3v) is 6.41. The molecule has 2 atom stereocenters. The summed E-state index contributed by atoms with van der Waals surface area (Å²) in [7, 11) is 0. The topological polar surface area (TPSA) is 108 Å². The van der Waals surface area contributed by atoms with Crippen molar-refractivity contribution < 1.29 is 9.21 Å². The highest BCUT2D eigenvalue weighted by molar-refractivity contribution is 6.42. The molecule has 30 heavy (non-hydrogen) atoms. The number of rotatable bonds is 2. The van der Waals surface area contributed by atoms with Gasteiger partial charge in [0.15, 0.2) is 5.78 Å². The van der Waals surface area contributed by atoms with Crippen molar-refractivity contribution in [1.29, 1.82) is 0 Å². The SMILES string of the molecule is O=C1CC(c2ccco2)CC2=C1C(c1cccc(Cl)c1Cl)c1c([nH]c(=O)[nH]c1=O)N2. The maximum Gasteiger partial charge on any atom is 0.327 e. The number of hydrogen-bond donors (Lipinski definition) is 3. The second-order valence-electron chi connectivity index (χ2n) is 7.33. The Bertz CT molecular complexity index is 1320. The first-order valence-corrected chi connectivity index (χ1v) is 10.1. The average molecular weight is 444 g/mol. The lowest BCUT2D eigenvalue weighted by Gasteiger charge is -2.35. The standard InChI is InChI=1S/C21H15Cl2N3O4/c22-11-4-1-3-10(18(11)23)15-16-12(24-19-17(15)20(28)26-21(29)25-19)7-9(8-13(16)27)14-5-2-6-30-14/h1-6,9,15H,7-8H2,(H3,24,25,26,28,29). The van der Waals surface area contributed by atoms with Crippen molar-refractivity contribution in [2.75, 3.05) is 5.32 Å². The van der Waals surface area contributed by atoms with E-state index in [1.54, 1.807) is 30.5 Å². The molecule has 0 saturated heterocycles. The molecule has 1 aliphatic carbocycles. The molecule has 0 spiro atoms. The maximum atomic E-state index is 13.3. The zero-order valence-electron chi connectivity index (χ0n) is 15.4. The smallest absolute Gasteiger partial charge is 0.327 e. The number of Topliss-reactive ketones (excluding diaryl/α,β-unsaturated/α-hetero) is 1. The Kier molecular flexibility index (Phi) is 4.45. The molecule has 2 unspecified atom stereocenters. The van der Waals surface area contributed by atoms with E-state index in [2.05, 4.69) is 15.3 Å². The fraction of sp³-hybridized carbons (Fsp3) is 0.190. The van der Waals surface area contributed by atoms with Gasteiger partial charge >= 0.3 is 5.69 Å². The lowest BCUT2D eigenvalue weighted by Crippen LogP contribution is -2.37. The summed E-state index contributed by atoms with van der Waals surface area (Å²) in [5, 5.41) is 3.68. The summed E-state index contributed by atoms with van der Waals surface area (Å²) < 4.78 is 5.50. The van der Waals surface area contributed by atoms with E-state index in [4.69, 9.17) is 27.6 Å². The van der Waals surface area contributed by atoms with E-state index in [-0.39, 0.29) is 34.5 Å². The van der Waals surface area contributed by atoms with E-state index < -0.39 is 17.2 Å². The molecule has 0 amide bonds. The fourth-order valence-corrected chi connectivity index (χ4v) is 4.75. The number of furan rings is 1. The number of H-pyrrole nitrogens is 2. The molecule has 0 fully saturated rings. The largest absolute Gasteiger partial charge is 0.469 e. The molecule has 3 heterocycles. The number of allylic oxidation sites excluding steroid dienone is 2. The van der Waals surface area contributed by atoms with Crippen LogP contribution < -0.4 is 16.6 Å². The molecule has 152 valence electrons. The molecule has 5 rings (SSSR count). The first kappa shape index (κ1) is 19.0. The zero-order valence-corrected chi connectivity index (χ0v) is 16.9. The number of anilines is 1. The van der Waals surface area contributed by atoms with Crippen molar-refractivity contribution in [3.05, 3.63) is 95.6 Å². The van der Waals surface area contributed by atoms with Crippen LogP contribution in [0.4, 0.5) is 5.82 Å². The molecular weight excluding hydrogens is 429 g/mol. The Labute approximate surface area is 179 Å². The van der Waals surface area contributed by atoms with Crippen molar-refractivity contribution in [3.8, 4) is 0 Å². The molecule has 0 saturated carbocycles. The second-order valence-corrected chi connectivity index (χ2v) is 8.12. The van der Waals surface area contributed by atoms with Gasteiger partial charge in [-0.25, -0.2) is 4.79 Å². The third kappa shape index (κ3) is 2.93. The number of ketones is 1. The number of carbonyl (C=O) groups excluding carboxylic acids is 1. The van der Waals surface area contributed by atoms with Gasteiger partial charge in [0.05, 0.1) is 21.9 Å². The van der Waals surface area contributed by atoms with Crippen LogP contribution >= 0.6 is 23.2 Å². The normalized spacial score (nSPS) is 20.5. The minimum atomic E-state index is -0.756. The molecule has 7 nitrogen and oxygen atoms in total. The number of aromatic nitrogens is 2. The highest BCUT2D eigenvalue weighted by atomic mass is 35.5. The molecule has 0 bridgehead atoms. The van der Waals surface area contributed by atoms with Crippen molar-refractivity contribution in [2.24, 2.45) is 0 Å². The van der Waals surface area contributed by atoms with Crippen LogP contribution in [0, 0.1) is 0 Å². The van der Waals surface area contributed by atoms with E-state index in [0.717, 1.165) is 0 Å². The maximum absolute atomic E-state index is 13.3. The molecule has 0 radical (unpaired) electrons. The predicted molar refractivity (Wildman–Crippen MR) is 112 cm³/mol. The van der Waals surface area contributed by atoms with Crippen LogP contribution in [-0.4, -0.2) is 15.8 Å². The van der Waals surface area contributed by atoms with E-state index in [1.807, 2.05) is 6.07 Å². The van der Waals surface area contributed by atoms with Crippen LogP contribution in [0.5, 0.6) is 0 Å². The summed E-state index contributed by atoms with van der Waals surface area (Å²) in [5.41, 5.74) is 0.601. The van der Waals surface area contributed by atoms with Crippen LogP contribution in [0.25, 0.3) is 0 Å².